The van der Waals surface area contributed by atoms with Gasteiger partial charge in [-0.25, -0.2) is 4.79 Å². The lowest BCUT2D eigenvalue weighted by atomic mass is 9.85. The molecule has 1 unspecified atom stereocenters. The fourth-order valence-corrected chi connectivity index (χ4v) is 4.91. The van der Waals surface area contributed by atoms with Gasteiger partial charge in [0.05, 0.1) is 26.9 Å². The first-order valence-corrected chi connectivity index (χ1v) is 12.5. The van der Waals surface area contributed by atoms with Crippen LogP contribution in [-0.2, 0) is 12.8 Å². The molecule has 0 saturated carbocycles. The number of aryl methyl sites for hydroxylation is 2. The van der Waals surface area contributed by atoms with Crippen molar-refractivity contribution in [2.24, 2.45) is 0 Å². The second-order valence-corrected chi connectivity index (χ2v) is 9.19. The van der Waals surface area contributed by atoms with Crippen LogP contribution in [0.4, 0.5) is 4.79 Å². The molecule has 1 atom stereocenters. The average molecular weight is 489 g/mol. The predicted molar refractivity (Wildman–Crippen MR) is 142 cm³/mol. The van der Waals surface area contributed by atoms with Gasteiger partial charge in [0.25, 0.3) is 0 Å². The molecule has 3 aromatic rings. The molecule has 4 rings (SSSR count). The second-order valence-electron chi connectivity index (χ2n) is 9.19. The molecule has 0 spiro atoms. The maximum atomic E-state index is 13.1. The molecule has 0 aromatic heterocycles. The Balaban J connectivity index is 1.67. The van der Waals surface area contributed by atoms with Crippen molar-refractivity contribution in [3.05, 3.63) is 88.0 Å². The van der Waals surface area contributed by atoms with E-state index in [-0.39, 0.29) is 12.1 Å². The number of fused-ring (bicyclic) bond motifs is 1. The minimum absolute atomic E-state index is 0.0501. The van der Waals surface area contributed by atoms with E-state index in [2.05, 4.69) is 49.5 Å². The average Bonchev–Trinajstić information content (AvgIpc) is 2.88. The number of urea groups is 1. The first-order valence-electron chi connectivity index (χ1n) is 12.5. The Labute approximate surface area is 214 Å². The number of carbonyl (C=O) groups is 1. The number of hydrogen-bond donors (Lipinski definition) is 1. The normalized spacial score (nSPS) is 14.7. The van der Waals surface area contributed by atoms with E-state index in [0.29, 0.717) is 31.2 Å². The number of nitrogens with one attached hydrogen (secondary N) is 1. The lowest BCUT2D eigenvalue weighted by Gasteiger charge is -2.38. The van der Waals surface area contributed by atoms with Crippen LogP contribution in [0.5, 0.6) is 17.2 Å². The molecule has 0 radical (unpaired) electrons. The van der Waals surface area contributed by atoms with Crippen molar-refractivity contribution in [3.63, 3.8) is 0 Å². The quantitative estimate of drug-likeness (QED) is 0.447. The molecule has 6 heteroatoms. The van der Waals surface area contributed by atoms with Gasteiger partial charge < -0.3 is 24.4 Å². The van der Waals surface area contributed by atoms with E-state index in [0.717, 1.165) is 29.7 Å². The van der Waals surface area contributed by atoms with Crippen molar-refractivity contribution in [1.29, 1.82) is 0 Å². The van der Waals surface area contributed by atoms with Gasteiger partial charge in [0.15, 0.2) is 11.5 Å². The molecule has 1 aliphatic rings. The van der Waals surface area contributed by atoms with E-state index in [9.17, 15) is 4.79 Å². The number of methoxy groups -OCH3 is 2. The molecule has 190 valence electrons. The molecule has 3 aromatic carbocycles. The zero-order valence-corrected chi connectivity index (χ0v) is 21.9. The van der Waals surface area contributed by atoms with Crippen molar-refractivity contribution in [3.8, 4) is 17.2 Å². The summed E-state index contributed by atoms with van der Waals surface area (Å²) in [4.78, 5) is 15.0. The van der Waals surface area contributed by atoms with Crippen LogP contribution in [0.15, 0.2) is 54.6 Å². The van der Waals surface area contributed by atoms with Crippen molar-refractivity contribution < 1.29 is 19.0 Å². The van der Waals surface area contributed by atoms with E-state index < -0.39 is 0 Å². The van der Waals surface area contributed by atoms with Crippen molar-refractivity contribution in [2.75, 3.05) is 33.9 Å². The molecule has 0 fully saturated rings. The Morgan fingerprint density at radius 1 is 0.972 bits per heavy atom. The maximum Gasteiger partial charge on any atom is 0.318 e. The smallest absolute Gasteiger partial charge is 0.318 e. The molecule has 6 nitrogen and oxygen atoms in total. The van der Waals surface area contributed by atoms with Gasteiger partial charge in [0, 0.05) is 19.5 Å². The highest BCUT2D eigenvalue weighted by Crippen LogP contribution is 2.42. The summed E-state index contributed by atoms with van der Waals surface area (Å²) in [5, 5.41) is 3.00. The van der Waals surface area contributed by atoms with Gasteiger partial charge in [0.2, 0.25) is 0 Å². The van der Waals surface area contributed by atoms with Gasteiger partial charge in [-0.05, 0) is 79.3 Å². The number of benzene rings is 3. The third-order valence-electron chi connectivity index (χ3n) is 6.77. The maximum absolute atomic E-state index is 13.1. The van der Waals surface area contributed by atoms with E-state index in [1.54, 1.807) is 14.2 Å². The summed E-state index contributed by atoms with van der Waals surface area (Å²) in [6.45, 7) is 7.88. The molecule has 2 amide bonds. The number of amides is 2. The van der Waals surface area contributed by atoms with Crippen LogP contribution in [-0.4, -0.2) is 44.8 Å². The zero-order valence-electron chi connectivity index (χ0n) is 21.9. The van der Waals surface area contributed by atoms with Crippen LogP contribution in [0.3, 0.4) is 0 Å². The summed E-state index contributed by atoms with van der Waals surface area (Å²) >= 11 is 0. The molecule has 0 aliphatic carbocycles. The van der Waals surface area contributed by atoms with E-state index in [1.807, 2.05) is 36.1 Å². The lowest BCUT2D eigenvalue weighted by molar-refractivity contribution is 0.180. The fourth-order valence-electron chi connectivity index (χ4n) is 4.91. The summed E-state index contributed by atoms with van der Waals surface area (Å²) in [6, 6.07) is 18.3. The van der Waals surface area contributed by atoms with Crippen LogP contribution in [0.1, 0.15) is 46.3 Å². The van der Waals surface area contributed by atoms with Gasteiger partial charge in [-0.3, -0.25) is 0 Å². The standard InChI is InChI=1S/C30H36N2O4/c1-6-31-30(33)32-15-13-23-18-27(35-5)28(36-16-14-22-8-10-24(34-4)11-9-22)19-26(23)29(32)25-12-7-20(2)17-21(25)3/h7-12,17-19,29H,6,13-16H2,1-5H3,(H,31,33). The Hall–Kier alpha value is -3.67. The van der Waals surface area contributed by atoms with Crippen molar-refractivity contribution in [1.82, 2.24) is 10.2 Å². The summed E-state index contributed by atoms with van der Waals surface area (Å²) in [7, 11) is 3.34. The summed E-state index contributed by atoms with van der Waals surface area (Å²) in [5.74, 6) is 2.25. The molecule has 1 heterocycles. The van der Waals surface area contributed by atoms with Crippen molar-refractivity contribution >= 4 is 6.03 Å². The third-order valence-corrected chi connectivity index (χ3v) is 6.77. The molecular formula is C30H36N2O4. The van der Waals surface area contributed by atoms with Gasteiger partial charge in [-0.1, -0.05) is 35.9 Å². The highest BCUT2D eigenvalue weighted by Gasteiger charge is 2.34. The van der Waals surface area contributed by atoms with Crippen LogP contribution < -0.4 is 19.5 Å². The fraction of sp³-hybridized carbons (Fsp3) is 0.367. The number of hydrogen-bond acceptors (Lipinski definition) is 4. The lowest BCUT2D eigenvalue weighted by Crippen LogP contribution is -2.46. The molecule has 36 heavy (non-hydrogen) atoms. The molecule has 0 saturated heterocycles. The Bertz CT molecular complexity index is 1210. The SMILES string of the molecule is CCNC(=O)N1CCc2cc(OC)c(OCCc3ccc(OC)cc3)cc2C1c1ccc(C)cc1C. The van der Waals surface area contributed by atoms with Crippen LogP contribution in [0.25, 0.3) is 0 Å². The largest absolute Gasteiger partial charge is 0.497 e. The number of nitrogens with zero attached hydrogens (tertiary/aromatic N) is 1. The minimum atomic E-state index is -0.198. The summed E-state index contributed by atoms with van der Waals surface area (Å²) in [5.41, 5.74) is 6.93. The summed E-state index contributed by atoms with van der Waals surface area (Å²) in [6.07, 6.45) is 1.52. The van der Waals surface area contributed by atoms with Gasteiger partial charge in [0.1, 0.15) is 5.75 Å². The van der Waals surface area contributed by atoms with Gasteiger partial charge >= 0.3 is 6.03 Å². The second kappa shape index (κ2) is 11.4. The highest BCUT2D eigenvalue weighted by molar-refractivity contribution is 5.76. The number of rotatable bonds is 8. The molecular weight excluding hydrogens is 452 g/mol. The first kappa shape index (κ1) is 25.4. The Morgan fingerprint density at radius 2 is 1.75 bits per heavy atom. The number of carbonyl (C=O) groups excluding carboxylic acids is 1. The van der Waals surface area contributed by atoms with Crippen LogP contribution >= 0.6 is 0 Å². The minimum Gasteiger partial charge on any atom is -0.497 e. The summed E-state index contributed by atoms with van der Waals surface area (Å²) < 4.78 is 17.2. The first-order chi connectivity index (χ1) is 17.4. The van der Waals surface area contributed by atoms with E-state index >= 15 is 0 Å². The van der Waals surface area contributed by atoms with Crippen LogP contribution in [0, 0.1) is 13.8 Å². The van der Waals surface area contributed by atoms with Gasteiger partial charge in [-0.2, -0.15) is 0 Å². The monoisotopic (exact) mass is 488 g/mol. The Morgan fingerprint density at radius 3 is 2.42 bits per heavy atom. The topological polar surface area (TPSA) is 60.0 Å². The Kier molecular flexibility index (Phi) is 8.04. The van der Waals surface area contributed by atoms with E-state index in [4.69, 9.17) is 14.2 Å². The van der Waals surface area contributed by atoms with Crippen molar-refractivity contribution in [2.45, 2.75) is 39.7 Å². The predicted octanol–water partition coefficient (Wildman–Crippen LogP) is 5.62. The molecule has 1 N–H and O–H groups in total. The van der Waals surface area contributed by atoms with E-state index in [1.165, 1.54) is 22.3 Å². The molecule has 1 aliphatic heterocycles. The molecule has 0 bridgehead atoms. The number of ether oxygens (including phenoxy) is 3. The zero-order chi connectivity index (χ0) is 25.7. The third kappa shape index (κ3) is 5.43. The van der Waals surface area contributed by atoms with Crippen LogP contribution in [0.2, 0.25) is 0 Å². The van der Waals surface area contributed by atoms with Gasteiger partial charge in [-0.15, -0.1) is 0 Å². The highest BCUT2D eigenvalue weighted by atomic mass is 16.5.